The average molecular weight is 556 g/mol. The molecule has 1 atom stereocenters. The first kappa shape index (κ1) is 30.7. The minimum absolute atomic E-state index is 0.0986. The molecular weight excluding hydrogens is 510 g/mol. The monoisotopic (exact) mass is 555 g/mol. The van der Waals surface area contributed by atoms with Crippen LogP contribution >= 0.6 is 0 Å². The Bertz CT molecular complexity index is 1240. The summed E-state index contributed by atoms with van der Waals surface area (Å²) >= 11 is 0. The molecule has 0 radical (unpaired) electrons. The Morgan fingerprint density at radius 1 is 1.03 bits per heavy atom. The Labute approximate surface area is 235 Å². The first-order chi connectivity index (χ1) is 18.5. The van der Waals surface area contributed by atoms with Gasteiger partial charge in [-0.25, -0.2) is 8.42 Å². The third-order valence-corrected chi connectivity index (χ3v) is 8.95. The lowest BCUT2D eigenvalue weighted by atomic mass is 9.95. The van der Waals surface area contributed by atoms with Crippen LogP contribution in [0, 0.1) is 20.8 Å². The van der Waals surface area contributed by atoms with Gasteiger partial charge in [0.25, 0.3) is 0 Å². The van der Waals surface area contributed by atoms with E-state index in [2.05, 4.69) is 5.32 Å². The van der Waals surface area contributed by atoms with Gasteiger partial charge in [0.15, 0.2) is 0 Å². The highest BCUT2D eigenvalue weighted by atomic mass is 32.2. The molecule has 1 aliphatic rings. The van der Waals surface area contributed by atoms with Gasteiger partial charge in [0.1, 0.15) is 6.04 Å². The Kier molecular flexibility index (Phi) is 11.0. The van der Waals surface area contributed by atoms with Gasteiger partial charge in [-0.15, -0.1) is 0 Å². The number of hydrogen-bond acceptors (Lipinski definition) is 4. The molecule has 214 valence electrons. The van der Waals surface area contributed by atoms with E-state index < -0.39 is 16.1 Å². The average Bonchev–Trinajstić information content (AvgIpc) is 2.88. The first-order valence-corrected chi connectivity index (χ1v) is 16.1. The molecule has 0 saturated heterocycles. The summed E-state index contributed by atoms with van der Waals surface area (Å²) in [6.07, 6.45) is 7.60. The predicted octanol–water partition coefficient (Wildman–Crippen LogP) is 5.41. The van der Waals surface area contributed by atoms with E-state index in [1.807, 2.05) is 64.1 Å². The number of aryl methyl sites for hydroxylation is 2. The predicted molar refractivity (Wildman–Crippen MR) is 158 cm³/mol. The lowest BCUT2D eigenvalue weighted by Gasteiger charge is -2.33. The Balaban J connectivity index is 1.78. The summed E-state index contributed by atoms with van der Waals surface area (Å²) in [6.45, 7) is 8.34. The van der Waals surface area contributed by atoms with Crippen molar-refractivity contribution in [2.75, 3.05) is 17.1 Å². The molecule has 1 fully saturated rings. The first-order valence-electron chi connectivity index (χ1n) is 14.2. The van der Waals surface area contributed by atoms with Crippen LogP contribution in [0.1, 0.15) is 80.5 Å². The standard InChI is InChI=1S/C31H45N3O4S/c1-6-28(31(36)32-27-16-8-7-9-17-27)33(22-26-15-10-13-23(2)21-26)30(35)19-12-20-34(39(5,37)38)29-18-11-14-24(3)25(29)4/h10-11,13-15,18,21,27-28H,6-9,12,16-17,19-20,22H2,1-5H3,(H,32,36)/t28-/m0/s1. The van der Waals surface area contributed by atoms with E-state index in [1.54, 1.807) is 11.0 Å². The molecule has 0 heterocycles. The summed E-state index contributed by atoms with van der Waals surface area (Å²) in [5, 5.41) is 3.21. The summed E-state index contributed by atoms with van der Waals surface area (Å²) in [7, 11) is -3.54. The second kappa shape index (κ2) is 14.0. The number of rotatable bonds is 12. The van der Waals surface area contributed by atoms with E-state index in [0.717, 1.165) is 47.9 Å². The Hall–Kier alpha value is -2.87. The number of benzene rings is 2. The molecule has 1 saturated carbocycles. The second-order valence-electron chi connectivity index (χ2n) is 10.9. The highest BCUT2D eigenvalue weighted by Crippen LogP contribution is 2.26. The quantitative estimate of drug-likeness (QED) is 0.379. The molecular formula is C31H45N3O4S. The number of nitrogens with zero attached hydrogens (tertiary/aromatic N) is 2. The lowest BCUT2D eigenvalue weighted by molar-refractivity contribution is -0.141. The summed E-state index contributed by atoms with van der Waals surface area (Å²) in [5.41, 5.74) is 4.62. The van der Waals surface area contributed by atoms with Crippen molar-refractivity contribution in [2.24, 2.45) is 0 Å². The van der Waals surface area contributed by atoms with Gasteiger partial charge in [0.2, 0.25) is 21.8 Å². The smallest absolute Gasteiger partial charge is 0.243 e. The molecule has 0 aromatic heterocycles. The van der Waals surface area contributed by atoms with Crippen LogP contribution in [0.2, 0.25) is 0 Å². The fourth-order valence-corrected chi connectivity index (χ4v) is 6.48. The Morgan fingerprint density at radius 3 is 2.36 bits per heavy atom. The van der Waals surface area contributed by atoms with Crippen LogP contribution in [0.15, 0.2) is 42.5 Å². The van der Waals surface area contributed by atoms with Crippen molar-refractivity contribution in [1.29, 1.82) is 0 Å². The van der Waals surface area contributed by atoms with E-state index in [1.165, 1.54) is 17.0 Å². The number of carbonyl (C=O) groups excluding carboxylic acids is 2. The van der Waals surface area contributed by atoms with Gasteiger partial charge < -0.3 is 10.2 Å². The number of anilines is 1. The third-order valence-electron chi connectivity index (χ3n) is 7.77. The van der Waals surface area contributed by atoms with Crippen LogP contribution in [0.4, 0.5) is 5.69 Å². The number of amides is 2. The van der Waals surface area contributed by atoms with Crippen LogP contribution in [0.5, 0.6) is 0 Å². The van der Waals surface area contributed by atoms with Gasteiger partial charge in [-0.1, -0.05) is 68.1 Å². The summed E-state index contributed by atoms with van der Waals surface area (Å²) in [4.78, 5) is 28.8. The minimum atomic E-state index is -3.54. The normalized spacial score (nSPS) is 15.0. The van der Waals surface area contributed by atoms with Crippen molar-refractivity contribution in [1.82, 2.24) is 10.2 Å². The van der Waals surface area contributed by atoms with Gasteiger partial charge in [0.05, 0.1) is 11.9 Å². The van der Waals surface area contributed by atoms with Crippen molar-refractivity contribution in [3.05, 3.63) is 64.7 Å². The zero-order valence-corrected chi connectivity index (χ0v) is 25.0. The number of sulfonamides is 1. The number of carbonyl (C=O) groups is 2. The Morgan fingerprint density at radius 2 is 1.72 bits per heavy atom. The molecule has 8 heteroatoms. The summed E-state index contributed by atoms with van der Waals surface area (Å²) < 4.78 is 26.8. The van der Waals surface area contributed by atoms with Crippen molar-refractivity contribution >= 4 is 27.5 Å². The molecule has 1 N–H and O–H groups in total. The number of hydrogen-bond donors (Lipinski definition) is 1. The number of nitrogens with one attached hydrogen (secondary N) is 1. The fourth-order valence-electron chi connectivity index (χ4n) is 5.46. The maximum absolute atomic E-state index is 13.7. The van der Waals surface area contributed by atoms with Crippen molar-refractivity contribution < 1.29 is 18.0 Å². The molecule has 0 aliphatic heterocycles. The van der Waals surface area contributed by atoms with Crippen molar-refractivity contribution in [3.63, 3.8) is 0 Å². The van der Waals surface area contributed by atoms with Gasteiger partial charge in [-0.2, -0.15) is 0 Å². The second-order valence-corrected chi connectivity index (χ2v) is 12.8. The van der Waals surface area contributed by atoms with Crippen LogP contribution in [-0.2, 0) is 26.2 Å². The zero-order valence-electron chi connectivity index (χ0n) is 24.2. The highest BCUT2D eigenvalue weighted by Gasteiger charge is 2.30. The maximum Gasteiger partial charge on any atom is 0.243 e. The van der Waals surface area contributed by atoms with Crippen LogP contribution in [0.25, 0.3) is 0 Å². The largest absolute Gasteiger partial charge is 0.352 e. The maximum atomic E-state index is 13.7. The molecule has 0 spiro atoms. The molecule has 1 aliphatic carbocycles. The molecule has 2 aromatic carbocycles. The van der Waals surface area contributed by atoms with Crippen molar-refractivity contribution in [3.8, 4) is 0 Å². The molecule has 3 rings (SSSR count). The van der Waals surface area contributed by atoms with Crippen LogP contribution in [-0.4, -0.2) is 50.0 Å². The topological polar surface area (TPSA) is 86.8 Å². The van der Waals surface area contributed by atoms with Gasteiger partial charge >= 0.3 is 0 Å². The van der Waals surface area contributed by atoms with Gasteiger partial charge in [-0.3, -0.25) is 13.9 Å². The molecule has 2 aromatic rings. The van der Waals surface area contributed by atoms with E-state index in [4.69, 9.17) is 0 Å². The minimum Gasteiger partial charge on any atom is -0.352 e. The van der Waals surface area contributed by atoms with E-state index in [-0.39, 0.29) is 30.8 Å². The fraction of sp³-hybridized carbons (Fsp3) is 0.548. The third kappa shape index (κ3) is 8.56. The van der Waals surface area contributed by atoms with Gasteiger partial charge in [0, 0.05) is 25.6 Å². The molecule has 39 heavy (non-hydrogen) atoms. The molecule has 0 bridgehead atoms. The molecule has 0 unspecified atom stereocenters. The van der Waals surface area contributed by atoms with Gasteiger partial charge in [-0.05, 0) is 69.2 Å². The summed E-state index contributed by atoms with van der Waals surface area (Å²) in [5.74, 6) is -0.241. The van der Waals surface area contributed by atoms with E-state index in [9.17, 15) is 18.0 Å². The summed E-state index contributed by atoms with van der Waals surface area (Å²) in [6, 6.07) is 13.2. The van der Waals surface area contributed by atoms with E-state index >= 15 is 0 Å². The van der Waals surface area contributed by atoms with Crippen molar-refractivity contribution in [2.45, 2.75) is 97.7 Å². The lowest BCUT2D eigenvalue weighted by Crippen LogP contribution is -2.51. The highest BCUT2D eigenvalue weighted by molar-refractivity contribution is 7.92. The van der Waals surface area contributed by atoms with Crippen LogP contribution in [0.3, 0.4) is 0 Å². The zero-order chi connectivity index (χ0) is 28.6. The SMILES string of the molecule is CC[C@@H](C(=O)NC1CCCCC1)N(Cc1cccc(C)c1)C(=O)CCCN(c1cccc(C)c1C)S(C)(=O)=O. The van der Waals surface area contributed by atoms with Crippen LogP contribution < -0.4 is 9.62 Å². The molecule has 7 nitrogen and oxygen atoms in total. The molecule has 2 amide bonds. The van der Waals surface area contributed by atoms with E-state index in [0.29, 0.717) is 25.1 Å².